The first-order valence-corrected chi connectivity index (χ1v) is 16.5. The molecule has 7 aromatic rings. The molecule has 0 radical (unpaired) electrons. The molecule has 1 saturated heterocycles. The van der Waals surface area contributed by atoms with E-state index in [1.54, 1.807) is 30.7 Å². The van der Waals surface area contributed by atoms with Gasteiger partial charge in [-0.2, -0.15) is 0 Å². The molecule has 8 rings (SSSR count). The third kappa shape index (κ3) is 6.94. The van der Waals surface area contributed by atoms with Crippen molar-refractivity contribution in [3.05, 3.63) is 131 Å². The fourth-order valence-electron chi connectivity index (χ4n) is 5.93. The number of hydrogen-bond acceptors (Lipinski definition) is 8. The van der Waals surface area contributed by atoms with E-state index in [-0.39, 0.29) is 11.6 Å². The molecular weight excluding hydrogens is 656 g/mol. The first kappa shape index (κ1) is 32.9. The van der Waals surface area contributed by atoms with Crippen molar-refractivity contribution in [1.82, 2.24) is 24.9 Å². The Hall–Kier alpha value is -5.58. The van der Waals surface area contributed by atoms with Gasteiger partial charge in [0.2, 0.25) is 0 Å². The monoisotopic (exact) mass is 687 g/mol. The molecule has 250 valence electrons. The summed E-state index contributed by atoms with van der Waals surface area (Å²) in [5.41, 5.74) is 7.68. The van der Waals surface area contributed by atoms with Crippen molar-refractivity contribution in [3.63, 3.8) is 0 Å². The van der Waals surface area contributed by atoms with Gasteiger partial charge in [-0.1, -0.05) is 23.7 Å². The average molecular weight is 688 g/mol. The number of nitrogens with zero attached hydrogens (tertiary/aromatic N) is 6. The summed E-state index contributed by atoms with van der Waals surface area (Å²) in [5, 5.41) is 5.63. The maximum atomic E-state index is 14.0. The molecule has 0 amide bonds. The average Bonchev–Trinajstić information content (AvgIpc) is 3.15. The van der Waals surface area contributed by atoms with Crippen LogP contribution in [0.25, 0.3) is 44.6 Å². The Bertz CT molecular complexity index is 2300. The van der Waals surface area contributed by atoms with Crippen molar-refractivity contribution in [1.29, 1.82) is 0 Å². The smallest absolute Gasteiger partial charge is 0.132 e. The van der Waals surface area contributed by atoms with Gasteiger partial charge in [-0.15, -0.1) is 0 Å². The number of aromatic nitrogens is 5. The van der Waals surface area contributed by atoms with Crippen LogP contribution < -0.4 is 10.2 Å². The molecule has 6 heterocycles. The van der Waals surface area contributed by atoms with Crippen LogP contribution in [0.4, 0.5) is 26.0 Å². The second-order valence-electron chi connectivity index (χ2n) is 11.7. The highest BCUT2D eigenvalue weighted by Crippen LogP contribution is 2.35. The van der Waals surface area contributed by atoms with E-state index < -0.39 is 0 Å². The number of ether oxygens (including phenoxy) is 1. The van der Waals surface area contributed by atoms with Gasteiger partial charge >= 0.3 is 0 Å². The minimum atomic E-state index is -0.327. The Kier molecular flexibility index (Phi) is 9.55. The van der Waals surface area contributed by atoms with E-state index >= 15 is 0 Å². The molecule has 5 aromatic heterocycles. The minimum absolute atomic E-state index is 0.325. The van der Waals surface area contributed by atoms with Crippen LogP contribution in [0.3, 0.4) is 0 Å². The van der Waals surface area contributed by atoms with Gasteiger partial charge in [-0.05, 0) is 74.0 Å². The van der Waals surface area contributed by atoms with E-state index in [0.29, 0.717) is 27.4 Å². The quantitative estimate of drug-likeness (QED) is 0.192. The van der Waals surface area contributed by atoms with E-state index in [1.165, 1.54) is 24.3 Å². The molecule has 50 heavy (non-hydrogen) atoms. The third-order valence-electron chi connectivity index (χ3n) is 8.49. The van der Waals surface area contributed by atoms with Gasteiger partial charge < -0.3 is 15.0 Å². The number of pyridine rings is 5. The fourth-order valence-corrected chi connectivity index (χ4v) is 6.18. The summed E-state index contributed by atoms with van der Waals surface area (Å²) >= 11 is 6.34. The van der Waals surface area contributed by atoms with Crippen LogP contribution in [0.1, 0.15) is 11.1 Å². The minimum Gasteiger partial charge on any atom is -0.378 e. The molecule has 2 aromatic carbocycles. The van der Waals surface area contributed by atoms with E-state index in [1.807, 2.05) is 62.4 Å². The van der Waals surface area contributed by atoms with E-state index in [9.17, 15) is 8.78 Å². The lowest BCUT2D eigenvalue weighted by Gasteiger charge is -2.29. The summed E-state index contributed by atoms with van der Waals surface area (Å²) < 4.78 is 32.7. The Morgan fingerprint density at radius 1 is 0.680 bits per heavy atom. The Morgan fingerprint density at radius 3 is 1.90 bits per heavy atom. The molecule has 0 spiro atoms. The third-order valence-corrected chi connectivity index (χ3v) is 8.98. The summed E-state index contributed by atoms with van der Waals surface area (Å²) in [4.78, 5) is 24.7. The number of halogens is 3. The lowest BCUT2D eigenvalue weighted by Crippen LogP contribution is -2.36. The zero-order valence-electron chi connectivity index (χ0n) is 27.4. The molecule has 0 saturated carbocycles. The van der Waals surface area contributed by atoms with Gasteiger partial charge in [0, 0.05) is 71.9 Å². The van der Waals surface area contributed by atoms with Crippen molar-refractivity contribution >= 4 is 50.6 Å². The maximum absolute atomic E-state index is 14.0. The summed E-state index contributed by atoms with van der Waals surface area (Å²) in [6.45, 7) is 7.03. The van der Waals surface area contributed by atoms with Crippen molar-refractivity contribution < 1.29 is 13.5 Å². The van der Waals surface area contributed by atoms with Crippen LogP contribution in [0, 0.1) is 25.5 Å². The summed E-state index contributed by atoms with van der Waals surface area (Å²) in [6.07, 6.45) is 5.22. The van der Waals surface area contributed by atoms with Crippen molar-refractivity contribution in [2.75, 3.05) is 36.5 Å². The lowest BCUT2D eigenvalue weighted by molar-refractivity contribution is 0.122. The topological polar surface area (TPSA) is 89.0 Å². The molecule has 1 N–H and O–H groups in total. The molecule has 0 aliphatic carbocycles. The van der Waals surface area contributed by atoms with Crippen molar-refractivity contribution in [2.24, 2.45) is 0 Å². The number of rotatable bonds is 5. The van der Waals surface area contributed by atoms with Crippen LogP contribution in [0.15, 0.2) is 104 Å². The highest BCUT2D eigenvalue weighted by atomic mass is 35.5. The molecule has 11 heteroatoms. The Balaban J connectivity index is 0.000000176. The molecular formula is C39H32ClF2N7O. The summed E-state index contributed by atoms with van der Waals surface area (Å²) in [5.74, 6) is 0.0667. The molecule has 1 aliphatic rings. The zero-order chi connectivity index (χ0) is 34.6. The predicted molar refractivity (Wildman–Crippen MR) is 195 cm³/mol. The maximum Gasteiger partial charge on any atom is 0.132 e. The Morgan fingerprint density at radius 2 is 1.28 bits per heavy atom. The van der Waals surface area contributed by atoms with Crippen molar-refractivity contribution in [3.8, 4) is 22.8 Å². The zero-order valence-corrected chi connectivity index (χ0v) is 28.1. The van der Waals surface area contributed by atoms with E-state index in [2.05, 4.69) is 30.2 Å². The number of benzene rings is 2. The normalized spacial score (nSPS) is 12.9. The van der Waals surface area contributed by atoms with Crippen molar-refractivity contribution in [2.45, 2.75) is 13.8 Å². The number of nitrogens with one attached hydrogen (secondary N) is 1. The SMILES string of the molecule is Cc1c(-c2ccccn2)nc2cc(F)ccc2c1Cl.Cc1c(-c2ccccn2)nc2cc(F)ccc2c1Nc1cc(N2CCOCC2)ccn1. The predicted octanol–water partition coefficient (Wildman–Crippen LogP) is 9.12. The van der Waals surface area contributed by atoms with Crippen LogP contribution >= 0.6 is 11.6 Å². The molecule has 1 aliphatic heterocycles. The summed E-state index contributed by atoms with van der Waals surface area (Å²) in [6, 6.07) is 24.4. The van der Waals surface area contributed by atoms with Crippen LogP contribution in [-0.4, -0.2) is 51.2 Å². The molecule has 0 bridgehead atoms. The van der Waals surface area contributed by atoms with Gasteiger partial charge in [0.1, 0.15) is 17.5 Å². The molecule has 0 atom stereocenters. The standard InChI is InChI=1S/C24H22FN5O.C15H10ClFN2/c1-16-23(29-22-15-18(7-9-27-22)30-10-12-31-13-11-30)19-6-5-17(25)14-21(19)28-24(16)20-4-2-3-8-26-20;1-9-14(16)11-6-5-10(17)8-13(11)19-15(9)12-4-2-3-7-18-12/h2-9,14-15H,10-13H2,1H3,(H,27,28,29);2-8H,1H3. The molecule has 1 fully saturated rings. The van der Waals surface area contributed by atoms with Gasteiger partial charge in [0.15, 0.2) is 0 Å². The van der Waals surface area contributed by atoms with E-state index in [0.717, 1.165) is 76.8 Å². The van der Waals surface area contributed by atoms with Gasteiger partial charge in [-0.3, -0.25) is 9.97 Å². The van der Waals surface area contributed by atoms with E-state index in [4.69, 9.17) is 21.3 Å². The largest absolute Gasteiger partial charge is 0.378 e. The molecule has 0 unspecified atom stereocenters. The van der Waals surface area contributed by atoms with Crippen LogP contribution in [-0.2, 0) is 4.74 Å². The van der Waals surface area contributed by atoms with Crippen LogP contribution in [0.2, 0.25) is 5.02 Å². The number of hydrogen-bond donors (Lipinski definition) is 1. The lowest BCUT2D eigenvalue weighted by atomic mass is 10.0. The van der Waals surface area contributed by atoms with Crippen LogP contribution in [0.5, 0.6) is 0 Å². The molecule has 8 nitrogen and oxygen atoms in total. The highest BCUT2D eigenvalue weighted by Gasteiger charge is 2.17. The van der Waals surface area contributed by atoms with Gasteiger partial charge in [0.25, 0.3) is 0 Å². The second kappa shape index (κ2) is 14.5. The Labute approximate surface area is 292 Å². The fraction of sp³-hybridized carbons (Fsp3) is 0.154. The first-order chi connectivity index (χ1) is 24.4. The number of morpholine rings is 1. The number of anilines is 3. The van der Waals surface area contributed by atoms with Gasteiger partial charge in [0.05, 0.1) is 57.7 Å². The first-order valence-electron chi connectivity index (χ1n) is 16.1. The number of fused-ring (bicyclic) bond motifs is 2. The second-order valence-corrected chi connectivity index (χ2v) is 12.1. The van der Waals surface area contributed by atoms with Gasteiger partial charge in [-0.25, -0.2) is 23.7 Å². The summed E-state index contributed by atoms with van der Waals surface area (Å²) in [7, 11) is 0. The highest BCUT2D eigenvalue weighted by molar-refractivity contribution is 6.36.